The summed E-state index contributed by atoms with van der Waals surface area (Å²) in [6, 6.07) is 12.7. The van der Waals surface area contributed by atoms with Crippen LogP contribution < -0.4 is 4.74 Å². The van der Waals surface area contributed by atoms with E-state index in [1.165, 1.54) is 4.90 Å². The molecule has 152 valence electrons. The molecule has 29 heavy (non-hydrogen) atoms. The summed E-state index contributed by atoms with van der Waals surface area (Å²) in [4.78, 5) is 26.8. The van der Waals surface area contributed by atoms with Gasteiger partial charge in [-0.3, -0.25) is 9.59 Å². The normalized spacial score (nSPS) is 18.3. The number of halogens is 1. The minimum Gasteiger partial charge on any atom is -0.507 e. The van der Waals surface area contributed by atoms with Crippen molar-refractivity contribution >= 4 is 29.1 Å². The average Bonchev–Trinajstić information content (AvgIpc) is 2.97. The lowest BCUT2D eigenvalue weighted by molar-refractivity contribution is -0.140. The third kappa shape index (κ3) is 4.28. The molecule has 1 heterocycles. The number of hydrogen-bond donors (Lipinski definition) is 2. The molecule has 1 amide bonds. The summed E-state index contributed by atoms with van der Waals surface area (Å²) in [5, 5.41) is 20.6. The van der Waals surface area contributed by atoms with Gasteiger partial charge in [0, 0.05) is 23.7 Å². The van der Waals surface area contributed by atoms with E-state index in [4.69, 9.17) is 16.3 Å². The molecule has 3 rings (SSSR count). The summed E-state index contributed by atoms with van der Waals surface area (Å²) in [6.45, 7) is 2.44. The van der Waals surface area contributed by atoms with Crippen LogP contribution in [0.5, 0.6) is 5.75 Å². The predicted octanol–water partition coefficient (Wildman–Crippen LogP) is 3.54. The van der Waals surface area contributed by atoms with Crippen molar-refractivity contribution in [2.24, 2.45) is 0 Å². The van der Waals surface area contributed by atoms with Gasteiger partial charge in [0.1, 0.15) is 11.5 Å². The van der Waals surface area contributed by atoms with Crippen molar-refractivity contribution in [2.45, 2.75) is 19.4 Å². The number of benzene rings is 2. The summed E-state index contributed by atoms with van der Waals surface area (Å²) < 4.78 is 5.40. The molecule has 1 atom stereocenters. The van der Waals surface area contributed by atoms with Crippen molar-refractivity contribution in [3.05, 3.63) is 70.3 Å². The lowest BCUT2D eigenvalue weighted by Crippen LogP contribution is -2.31. The van der Waals surface area contributed by atoms with Crippen molar-refractivity contribution in [3.8, 4) is 5.75 Å². The lowest BCUT2D eigenvalue weighted by atomic mass is 9.95. The summed E-state index contributed by atoms with van der Waals surface area (Å²) >= 11 is 6.12. The number of rotatable bonds is 7. The molecule has 1 aliphatic rings. The molecule has 1 fully saturated rings. The van der Waals surface area contributed by atoms with Gasteiger partial charge in [-0.2, -0.15) is 0 Å². The molecule has 1 unspecified atom stereocenters. The SMILES string of the molecule is CCOc1ccc(C(O)=C2C(=O)C(=O)N(CCCO)C2c2cccc(Cl)c2)cc1. The zero-order valence-corrected chi connectivity index (χ0v) is 16.7. The van der Waals surface area contributed by atoms with Crippen LogP contribution in [0.1, 0.15) is 30.5 Å². The Balaban J connectivity index is 2.10. The molecule has 1 aliphatic heterocycles. The Bertz CT molecular complexity index is 938. The molecule has 2 N–H and O–H groups in total. The summed E-state index contributed by atoms with van der Waals surface area (Å²) in [7, 11) is 0. The van der Waals surface area contributed by atoms with Gasteiger partial charge in [0.15, 0.2) is 0 Å². The van der Waals surface area contributed by atoms with E-state index in [9.17, 15) is 19.8 Å². The first-order chi connectivity index (χ1) is 14.0. The number of carbonyl (C=O) groups is 2. The number of amides is 1. The predicted molar refractivity (Wildman–Crippen MR) is 110 cm³/mol. The molecule has 0 spiro atoms. The van der Waals surface area contributed by atoms with Crippen LogP contribution >= 0.6 is 11.6 Å². The maximum absolute atomic E-state index is 12.8. The highest BCUT2D eigenvalue weighted by Crippen LogP contribution is 2.40. The molecular formula is C22H22ClNO5. The van der Waals surface area contributed by atoms with Crippen LogP contribution in [0, 0.1) is 0 Å². The van der Waals surface area contributed by atoms with E-state index in [0.717, 1.165) is 0 Å². The molecule has 2 aromatic rings. The van der Waals surface area contributed by atoms with Gasteiger partial charge >= 0.3 is 0 Å². The van der Waals surface area contributed by atoms with Crippen LogP contribution in [0.2, 0.25) is 5.02 Å². The summed E-state index contributed by atoms with van der Waals surface area (Å²) in [6.07, 6.45) is 0.313. The van der Waals surface area contributed by atoms with Crippen LogP contribution in [0.4, 0.5) is 0 Å². The number of hydrogen-bond acceptors (Lipinski definition) is 5. The van der Waals surface area contributed by atoms with Crippen molar-refractivity contribution in [1.29, 1.82) is 0 Å². The molecule has 6 nitrogen and oxygen atoms in total. The zero-order valence-electron chi connectivity index (χ0n) is 16.0. The second kappa shape index (κ2) is 9.11. The van der Waals surface area contributed by atoms with Gasteiger partial charge in [-0.05, 0) is 55.3 Å². The van der Waals surface area contributed by atoms with Gasteiger partial charge < -0.3 is 19.8 Å². The Morgan fingerprint density at radius 2 is 1.90 bits per heavy atom. The Hall–Kier alpha value is -2.83. The molecule has 0 aromatic heterocycles. The van der Waals surface area contributed by atoms with E-state index in [0.29, 0.717) is 34.9 Å². The number of Topliss-reactive ketones (excluding diaryl/α,β-unsaturated/α-hetero) is 1. The second-order valence-corrected chi connectivity index (χ2v) is 7.02. The van der Waals surface area contributed by atoms with Crippen LogP contribution in [0.15, 0.2) is 54.1 Å². The summed E-state index contributed by atoms with van der Waals surface area (Å²) in [5.41, 5.74) is 1.02. The van der Waals surface area contributed by atoms with Gasteiger partial charge in [-0.15, -0.1) is 0 Å². The third-order valence-corrected chi connectivity index (χ3v) is 4.94. The van der Waals surface area contributed by atoms with Gasteiger partial charge in [-0.25, -0.2) is 0 Å². The van der Waals surface area contributed by atoms with Crippen molar-refractivity contribution in [1.82, 2.24) is 4.90 Å². The first-order valence-corrected chi connectivity index (χ1v) is 9.73. The number of likely N-dealkylation sites (tertiary alicyclic amines) is 1. The topological polar surface area (TPSA) is 87.1 Å². The molecular weight excluding hydrogens is 394 g/mol. The largest absolute Gasteiger partial charge is 0.507 e. The number of ketones is 1. The quantitative estimate of drug-likeness (QED) is 0.410. The van der Waals surface area contributed by atoms with E-state index in [2.05, 4.69) is 0 Å². The molecule has 0 aliphatic carbocycles. The minimum atomic E-state index is -0.785. The lowest BCUT2D eigenvalue weighted by Gasteiger charge is -2.25. The molecule has 2 aromatic carbocycles. The number of carbonyl (C=O) groups excluding carboxylic acids is 2. The molecule has 0 bridgehead atoms. The Morgan fingerprint density at radius 3 is 2.52 bits per heavy atom. The number of ether oxygens (including phenoxy) is 1. The van der Waals surface area contributed by atoms with Crippen molar-refractivity contribution in [2.75, 3.05) is 19.8 Å². The van der Waals surface area contributed by atoms with E-state index >= 15 is 0 Å². The molecule has 0 radical (unpaired) electrons. The molecule has 7 heteroatoms. The van der Waals surface area contributed by atoms with E-state index in [-0.39, 0.29) is 24.5 Å². The highest BCUT2D eigenvalue weighted by molar-refractivity contribution is 6.46. The van der Waals surface area contributed by atoms with E-state index in [1.54, 1.807) is 48.5 Å². The monoisotopic (exact) mass is 415 g/mol. The van der Waals surface area contributed by atoms with Gasteiger partial charge in [0.25, 0.3) is 11.7 Å². The van der Waals surface area contributed by atoms with Crippen molar-refractivity contribution < 1.29 is 24.5 Å². The fourth-order valence-electron chi connectivity index (χ4n) is 3.41. The van der Waals surface area contributed by atoms with E-state index < -0.39 is 17.7 Å². The second-order valence-electron chi connectivity index (χ2n) is 6.58. The number of aliphatic hydroxyl groups excluding tert-OH is 2. The van der Waals surface area contributed by atoms with Crippen LogP contribution in [-0.4, -0.2) is 46.6 Å². The first-order valence-electron chi connectivity index (χ1n) is 9.36. The third-order valence-electron chi connectivity index (χ3n) is 4.70. The highest BCUT2D eigenvalue weighted by atomic mass is 35.5. The fourth-order valence-corrected chi connectivity index (χ4v) is 3.60. The van der Waals surface area contributed by atoms with Crippen LogP contribution in [-0.2, 0) is 9.59 Å². The molecule has 1 saturated heterocycles. The van der Waals surface area contributed by atoms with Gasteiger partial charge in [0.05, 0.1) is 18.2 Å². The van der Waals surface area contributed by atoms with E-state index in [1.807, 2.05) is 6.92 Å². The Morgan fingerprint density at radius 1 is 1.17 bits per heavy atom. The van der Waals surface area contributed by atoms with Crippen molar-refractivity contribution in [3.63, 3.8) is 0 Å². The maximum Gasteiger partial charge on any atom is 0.295 e. The van der Waals surface area contributed by atoms with Gasteiger partial charge in [0.2, 0.25) is 0 Å². The van der Waals surface area contributed by atoms with Gasteiger partial charge in [-0.1, -0.05) is 23.7 Å². The summed E-state index contributed by atoms with van der Waals surface area (Å²) in [5.74, 6) is -1.10. The first kappa shape index (κ1) is 20.9. The van der Waals surface area contributed by atoms with Crippen LogP contribution in [0.25, 0.3) is 5.76 Å². The Labute approximate surface area is 174 Å². The minimum absolute atomic E-state index is 0.000587. The number of nitrogens with zero attached hydrogens (tertiary/aromatic N) is 1. The fraction of sp³-hybridized carbons (Fsp3) is 0.273. The van der Waals surface area contributed by atoms with Crippen LogP contribution in [0.3, 0.4) is 0 Å². The Kier molecular flexibility index (Phi) is 6.56. The molecule has 0 saturated carbocycles. The average molecular weight is 416 g/mol. The zero-order chi connectivity index (χ0) is 21.0. The number of aliphatic hydroxyl groups is 2. The highest BCUT2D eigenvalue weighted by Gasteiger charge is 2.45. The maximum atomic E-state index is 12.8. The standard InChI is InChI=1S/C22H22ClNO5/c1-2-29-17-9-7-14(8-10-17)20(26)18-19(15-5-3-6-16(23)13-15)24(11-4-12-25)22(28)21(18)27/h3,5-10,13,19,25-26H,2,4,11-12H2,1H3. The smallest absolute Gasteiger partial charge is 0.295 e.